The molecule has 0 aliphatic carbocycles. The number of hydrogen-bond donors (Lipinski definition) is 1. The van der Waals surface area contributed by atoms with E-state index in [2.05, 4.69) is 27.2 Å². The fraction of sp³-hybridized carbons (Fsp3) is 0.364. The van der Waals surface area contributed by atoms with Crippen LogP contribution in [0.5, 0.6) is 0 Å². The Kier molecular flexibility index (Phi) is 2.85. The minimum Gasteiger partial charge on any atom is -0.357 e. The molecule has 0 amide bonds. The lowest BCUT2D eigenvalue weighted by atomic mass is 10.3. The highest BCUT2D eigenvalue weighted by Crippen LogP contribution is 2.14. The maximum absolute atomic E-state index is 4.44. The van der Waals surface area contributed by atoms with Gasteiger partial charge in [-0.1, -0.05) is 6.92 Å². The summed E-state index contributed by atoms with van der Waals surface area (Å²) >= 11 is 0. The Morgan fingerprint density at radius 3 is 2.88 bits per heavy atom. The predicted octanol–water partition coefficient (Wildman–Crippen LogP) is 1.57. The van der Waals surface area contributed by atoms with E-state index in [9.17, 15) is 0 Å². The minimum absolute atomic E-state index is 0.622. The molecule has 0 fully saturated rings. The second kappa shape index (κ2) is 4.30. The summed E-state index contributed by atoms with van der Waals surface area (Å²) in [7, 11) is 1.81. The van der Waals surface area contributed by atoms with Gasteiger partial charge in [-0.05, 0) is 6.92 Å². The normalized spacial score (nSPS) is 10.4. The topological polar surface area (TPSA) is 55.6 Å². The van der Waals surface area contributed by atoms with Crippen LogP contribution < -0.4 is 5.32 Å². The lowest BCUT2D eigenvalue weighted by Crippen LogP contribution is -2.07. The lowest BCUT2D eigenvalue weighted by molar-refractivity contribution is 0.854. The van der Waals surface area contributed by atoms with Crippen molar-refractivity contribution in [2.45, 2.75) is 20.3 Å². The molecule has 84 valence electrons. The van der Waals surface area contributed by atoms with Gasteiger partial charge in [-0.3, -0.25) is 4.57 Å². The summed E-state index contributed by atoms with van der Waals surface area (Å²) in [5.41, 5.74) is 1.03. The first-order valence-electron chi connectivity index (χ1n) is 5.30. The summed E-state index contributed by atoms with van der Waals surface area (Å²) in [6.07, 6.45) is 6.41. The van der Waals surface area contributed by atoms with Gasteiger partial charge in [0.25, 0.3) is 0 Å². The third kappa shape index (κ3) is 1.76. The van der Waals surface area contributed by atoms with Crippen molar-refractivity contribution in [3.05, 3.63) is 30.0 Å². The average Bonchev–Trinajstić information content (AvgIpc) is 2.77. The molecular weight excluding hydrogens is 202 g/mol. The molecule has 0 aliphatic heterocycles. The van der Waals surface area contributed by atoms with Crippen LogP contribution in [0, 0.1) is 6.92 Å². The summed E-state index contributed by atoms with van der Waals surface area (Å²) in [5.74, 6) is 2.51. The van der Waals surface area contributed by atoms with Gasteiger partial charge in [0.1, 0.15) is 11.6 Å². The van der Waals surface area contributed by atoms with E-state index in [4.69, 9.17) is 0 Å². The van der Waals surface area contributed by atoms with E-state index in [0.717, 1.165) is 23.6 Å². The monoisotopic (exact) mass is 217 g/mol. The zero-order valence-electron chi connectivity index (χ0n) is 9.73. The zero-order chi connectivity index (χ0) is 11.5. The fourth-order valence-corrected chi connectivity index (χ4v) is 1.59. The van der Waals surface area contributed by atoms with Crippen LogP contribution in [0.3, 0.4) is 0 Å². The van der Waals surface area contributed by atoms with E-state index in [1.807, 2.05) is 30.9 Å². The van der Waals surface area contributed by atoms with Crippen molar-refractivity contribution in [1.82, 2.24) is 19.5 Å². The molecule has 0 atom stereocenters. The van der Waals surface area contributed by atoms with Crippen LogP contribution in [0.1, 0.15) is 18.3 Å². The van der Waals surface area contributed by atoms with E-state index < -0.39 is 0 Å². The van der Waals surface area contributed by atoms with Crippen LogP contribution in [0.2, 0.25) is 0 Å². The van der Waals surface area contributed by atoms with Gasteiger partial charge in [0.15, 0.2) is 0 Å². The molecule has 0 radical (unpaired) electrons. The third-order valence-corrected chi connectivity index (χ3v) is 2.43. The summed E-state index contributed by atoms with van der Waals surface area (Å²) in [5, 5.41) is 2.94. The molecule has 1 N–H and O–H groups in total. The molecule has 0 saturated carbocycles. The molecule has 2 aromatic heterocycles. The Labute approximate surface area is 94.6 Å². The molecule has 5 heteroatoms. The number of rotatable bonds is 3. The van der Waals surface area contributed by atoms with Gasteiger partial charge in [0, 0.05) is 37.6 Å². The lowest BCUT2D eigenvalue weighted by Gasteiger charge is -2.09. The smallest absolute Gasteiger partial charge is 0.224 e. The first-order chi connectivity index (χ1) is 7.76. The van der Waals surface area contributed by atoms with Crippen molar-refractivity contribution >= 4 is 5.95 Å². The SMILES string of the molecule is CCc1nccn1-c1nc(NC)ncc1C. The summed E-state index contributed by atoms with van der Waals surface area (Å²) < 4.78 is 2.00. The summed E-state index contributed by atoms with van der Waals surface area (Å²) in [6.45, 7) is 4.07. The number of anilines is 1. The number of aromatic nitrogens is 4. The second-order valence-corrected chi connectivity index (χ2v) is 3.52. The molecule has 2 heterocycles. The minimum atomic E-state index is 0.622. The number of hydrogen-bond acceptors (Lipinski definition) is 4. The number of aryl methyl sites for hydroxylation is 2. The quantitative estimate of drug-likeness (QED) is 0.848. The van der Waals surface area contributed by atoms with Crippen LogP contribution in [-0.4, -0.2) is 26.6 Å². The number of nitrogens with one attached hydrogen (secondary N) is 1. The second-order valence-electron chi connectivity index (χ2n) is 3.52. The Morgan fingerprint density at radius 1 is 1.38 bits per heavy atom. The van der Waals surface area contributed by atoms with Crippen molar-refractivity contribution < 1.29 is 0 Å². The van der Waals surface area contributed by atoms with Gasteiger partial charge in [0.2, 0.25) is 5.95 Å². The highest BCUT2D eigenvalue weighted by molar-refractivity contribution is 5.38. The first-order valence-corrected chi connectivity index (χ1v) is 5.30. The molecule has 0 saturated heterocycles. The van der Waals surface area contributed by atoms with Crippen LogP contribution in [0.25, 0.3) is 5.82 Å². The molecule has 0 unspecified atom stereocenters. The molecule has 0 bridgehead atoms. The highest BCUT2D eigenvalue weighted by Gasteiger charge is 2.08. The van der Waals surface area contributed by atoms with Crippen molar-refractivity contribution in [3.63, 3.8) is 0 Å². The number of nitrogens with zero attached hydrogens (tertiary/aromatic N) is 4. The van der Waals surface area contributed by atoms with Gasteiger partial charge in [-0.2, -0.15) is 4.98 Å². The summed E-state index contributed by atoms with van der Waals surface area (Å²) in [4.78, 5) is 12.9. The van der Waals surface area contributed by atoms with Crippen molar-refractivity contribution in [1.29, 1.82) is 0 Å². The predicted molar refractivity (Wildman–Crippen MR) is 62.8 cm³/mol. The van der Waals surface area contributed by atoms with Crippen molar-refractivity contribution in [2.24, 2.45) is 0 Å². The van der Waals surface area contributed by atoms with E-state index in [-0.39, 0.29) is 0 Å². The maximum Gasteiger partial charge on any atom is 0.224 e. The van der Waals surface area contributed by atoms with E-state index in [1.165, 1.54) is 0 Å². The zero-order valence-corrected chi connectivity index (χ0v) is 9.73. The van der Waals surface area contributed by atoms with Gasteiger partial charge in [-0.25, -0.2) is 9.97 Å². The van der Waals surface area contributed by atoms with E-state index in [1.54, 1.807) is 6.20 Å². The standard InChI is InChI=1S/C11H15N5/c1-4-9-13-5-6-16(9)10-8(2)7-14-11(12-3)15-10/h5-7H,4H2,1-3H3,(H,12,14,15). The van der Waals surface area contributed by atoms with E-state index in [0.29, 0.717) is 5.95 Å². The molecule has 2 rings (SSSR count). The highest BCUT2D eigenvalue weighted by atomic mass is 15.2. The molecule has 16 heavy (non-hydrogen) atoms. The Balaban J connectivity index is 2.54. The summed E-state index contributed by atoms with van der Waals surface area (Å²) in [6, 6.07) is 0. The first kappa shape index (κ1) is 10.6. The molecule has 0 aliphatic rings. The van der Waals surface area contributed by atoms with Crippen LogP contribution >= 0.6 is 0 Å². The molecular formula is C11H15N5. The third-order valence-electron chi connectivity index (χ3n) is 2.43. The Morgan fingerprint density at radius 2 is 2.19 bits per heavy atom. The molecule has 2 aromatic rings. The Bertz CT molecular complexity index is 489. The maximum atomic E-state index is 4.44. The van der Waals surface area contributed by atoms with Crippen LogP contribution in [-0.2, 0) is 6.42 Å². The average molecular weight is 217 g/mol. The van der Waals surface area contributed by atoms with E-state index >= 15 is 0 Å². The number of imidazole rings is 1. The Hall–Kier alpha value is -1.91. The van der Waals surface area contributed by atoms with Crippen LogP contribution in [0.4, 0.5) is 5.95 Å². The molecule has 0 aromatic carbocycles. The van der Waals surface area contributed by atoms with Crippen LogP contribution in [0.15, 0.2) is 18.6 Å². The van der Waals surface area contributed by atoms with Gasteiger partial charge >= 0.3 is 0 Å². The van der Waals surface area contributed by atoms with Gasteiger partial charge < -0.3 is 5.32 Å². The van der Waals surface area contributed by atoms with Crippen molar-refractivity contribution in [2.75, 3.05) is 12.4 Å². The molecule has 0 spiro atoms. The van der Waals surface area contributed by atoms with Crippen molar-refractivity contribution in [3.8, 4) is 5.82 Å². The largest absolute Gasteiger partial charge is 0.357 e. The molecule has 5 nitrogen and oxygen atoms in total. The fourth-order valence-electron chi connectivity index (χ4n) is 1.59. The van der Waals surface area contributed by atoms with Gasteiger partial charge in [0.05, 0.1) is 0 Å². The van der Waals surface area contributed by atoms with Gasteiger partial charge in [-0.15, -0.1) is 0 Å².